The lowest BCUT2D eigenvalue weighted by Crippen LogP contribution is -2.54. The lowest BCUT2D eigenvalue weighted by atomic mass is 10.1. The molecule has 0 aromatic carbocycles. The molecule has 1 N–H and O–H groups in total. The molecular weight excluding hydrogens is 424 g/mol. The number of ether oxygens (including phenoxy) is 2. The molecule has 1 aromatic heterocycles. The molecule has 0 bridgehead atoms. The number of alkyl halides is 3. The van der Waals surface area contributed by atoms with Gasteiger partial charge in [-0.25, -0.2) is 14.2 Å². The molecule has 2 heterocycles. The zero-order valence-electron chi connectivity index (χ0n) is 16.5. The quantitative estimate of drug-likeness (QED) is 0.718. The molecule has 2 aliphatic carbocycles. The highest BCUT2D eigenvalue weighted by Gasteiger charge is 2.46. The number of carboxylic acids is 1. The van der Waals surface area contributed by atoms with E-state index in [1.807, 2.05) is 4.90 Å². The summed E-state index contributed by atoms with van der Waals surface area (Å²) in [5, 5.41) is 7.12. The first kappa shape index (κ1) is 23.0. The fourth-order valence-electron chi connectivity index (χ4n) is 3.94. The number of aliphatic carboxylic acids is 1. The summed E-state index contributed by atoms with van der Waals surface area (Å²) < 4.78 is 57.2. The van der Waals surface area contributed by atoms with E-state index in [0.29, 0.717) is 13.2 Å². The number of carbonyl (C=O) groups is 2. The van der Waals surface area contributed by atoms with Crippen molar-refractivity contribution < 1.29 is 41.7 Å². The fraction of sp³-hybridized carbons (Fsp3) is 0.550. The monoisotopic (exact) mass is 446 g/mol. The number of aromatic nitrogens is 1. The number of fused-ring (bicyclic) bond motifs is 1. The molecule has 2 fully saturated rings. The van der Waals surface area contributed by atoms with Crippen molar-refractivity contribution >= 4 is 11.9 Å². The minimum atomic E-state index is -5.08. The van der Waals surface area contributed by atoms with Crippen molar-refractivity contribution in [3.63, 3.8) is 0 Å². The molecule has 1 aliphatic heterocycles. The zero-order valence-corrected chi connectivity index (χ0v) is 16.5. The van der Waals surface area contributed by atoms with E-state index in [-0.39, 0.29) is 30.0 Å². The van der Waals surface area contributed by atoms with Gasteiger partial charge in [0.25, 0.3) is 5.88 Å². The van der Waals surface area contributed by atoms with Crippen LogP contribution < -0.4 is 4.74 Å². The maximum absolute atomic E-state index is 13.8. The Morgan fingerprint density at radius 1 is 1.29 bits per heavy atom. The van der Waals surface area contributed by atoms with E-state index in [0.717, 1.165) is 37.7 Å². The van der Waals surface area contributed by atoms with Gasteiger partial charge in [-0.2, -0.15) is 13.2 Å². The zero-order chi connectivity index (χ0) is 22.6. The number of carboxylic acid groups (broad SMARTS) is 1. The molecule has 31 heavy (non-hydrogen) atoms. The normalized spacial score (nSPS) is 25.2. The van der Waals surface area contributed by atoms with Gasteiger partial charge in [-0.05, 0) is 44.2 Å². The number of morpholine rings is 1. The highest BCUT2D eigenvalue weighted by atomic mass is 19.4. The Kier molecular flexibility index (Phi) is 7.14. The first-order chi connectivity index (χ1) is 14.7. The molecule has 1 saturated carbocycles. The summed E-state index contributed by atoms with van der Waals surface area (Å²) in [5.74, 6) is -3.09. The second-order valence-electron chi connectivity index (χ2n) is 7.35. The summed E-state index contributed by atoms with van der Waals surface area (Å²) in [6, 6.07) is 2.87. The van der Waals surface area contributed by atoms with Crippen molar-refractivity contribution in [3.05, 3.63) is 35.8 Å². The largest absolute Gasteiger partial charge is 0.490 e. The molecule has 1 amide bonds. The summed E-state index contributed by atoms with van der Waals surface area (Å²) >= 11 is 0. The third-order valence-corrected chi connectivity index (χ3v) is 5.34. The van der Waals surface area contributed by atoms with Crippen LogP contribution in [0.25, 0.3) is 0 Å². The number of allylic oxidation sites excluding steroid dienone is 1. The number of rotatable bonds is 3. The Bertz CT molecular complexity index is 845. The van der Waals surface area contributed by atoms with Gasteiger partial charge in [-0.3, -0.25) is 4.79 Å². The van der Waals surface area contributed by atoms with E-state index >= 15 is 0 Å². The highest BCUT2D eigenvalue weighted by molar-refractivity contribution is 5.94. The maximum Gasteiger partial charge on any atom is 0.490 e. The molecule has 11 heteroatoms. The van der Waals surface area contributed by atoms with Gasteiger partial charge in [-0.1, -0.05) is 6.08 Å². The highest BCUT2D eigenvalue weighted by Crippen LogP contribution is 2.34. The number of amides is 1. The third kappa shape index (κ3) is 5.52. The minimum absolute atomic E-state index is 0.00419. The SMILES string of the molecule is O=C(C1=CCCC1)N1CCO[C@H]2[C@H](Oc3ncccc3F)CC[C@@H]21.O=C(O)C(F)(F)F. The predicted molar refractivity (Wildman–Crippen MR) is 98.7 cm³/mol. The van der Waals surface area contributed by atoms with Crippen molar-refractivity contribution in [1.82, 2.24) is 9.88 Å². The first-order valence-corrected chi connectivity index (χ1v) is 9.87. The average Bonchev–Trinajstić information content (AvgIpc) is 3.39. The summed E-state index contributed by atoms with van der Waals surface area (Å²) in [4.78, 5) is 27.5. The number of carbonyl (C=O) groups excluding carboxylic acids is 1. The molecule has 3 aliphatic rings. The maximum atomic E-state index is 13.8. The van der Waals surface area contributed by atoms with E-state index < -0.39 is 18.0 Å². The van der Waals surface area contributed by atoms with Crippen LogP contribution in [0.15, 0.2) is 30.0 Å². The number of nitrogens with zero attached hydrogens (tertiary/aromatic N) is 2. The van der Waals surface area contributed by atoms with Gasteiger partial charge in [0.15, 0.2) is 5.82 Å². The number of pyridine rings is 1. The van der Waals surface area contributed by atoms with Crippen molar-refractivity contribution in [2.45, 2.75) is 56.5 Å². The fourth-order valence-corrected chi connectivity index (χ4v) is 3.94. The topological polar surface area (TPSA) is 89.0 Å². The summed E-state index contributed by atoms with van der Waals surface area (Å²) in [7, 11) is 0. The predicted octanol–water partition coefficient (Wildman–Crippen LogP) is 3.10. The van der Waals surface area contributed by atoms with Crippen LogP contribution >= 0.6 is 0 Å². The van der Waals surface area contributed by atoms with Crippen molar-refractivity contribution in [2.75, 3.05) is 13.2 Å². The van der Waals surface area contributed by atoms with Gasteiger partial charge < -0.3 is 19.5 Å². The first-order valence-electron chi connectivity index (χ1n) is 9.87. The Hall–Kier alpha value is -2.69. The van der Waals surface area contributed by atoms with Crippen LogP contribution in [0.3, 0.4) is 0 Å². The molecule has 0 unspecified atom stereocenters. The second kappa shape index (κ2) is 9.63. The molecule has 170 valence electrons. The minimum Gasteiger partial charge on any atom is -0.475 e. The number of hydrogen-bond donors (Lipinski definition) is 1. The number of halogens is 4. The molecule has 0 radical (unpaired) electrons. The molecule has 4 rings (SSSR count). The standard InChI is InChI=1S/C18H21FN2O3.C2HF3O2/c19-13-6-3-9-20-17(13)24-15-8-7-14-16(15)23-11-10-21(14)18(22)12-4-1-2-5-12;3-2(4,5)1(6)7/h3-4,6,9,14-16H,1-2,5,7-8,10-11H2;(H,6,7)/t14-,15+,16+;/m0./s1. The van der Waals surface area contributed by atoms with Crippen LogP contribution in [0, 0.1) is 5.82 Å². The van der Waals surface area contributed by atoms with Crippen LogP contribution in [-0.4, -0.2) is 64.4 Å². The van der Waals surface area contributed by atoms with Gasteiger partial charge in [0.05, 0.1) is 12.6 Å². The van der Waals surface area contributed by atoms with Crippen LogP contribution in [0.1, 0.15) is 32.1 Å². The molecule has 0 spiro atoms. The van der Waals surface area contributed by atoms with Gasteiger partial charge >= 0.3 is 12.1 Å². The van der Waals surface area contributed by atoms with E-state index in [1.165, 1.54) is 18.3 Å². The lowest BCUT2D eigenvalue weighted by molar-refractivity contribution is -0.192. The Morgan fingerprint density at radius 3 is 2.65 bits per heavy atom. The second-order valence-corrected chi connectivity index (χ2v) is 7.35. The smallest absolute Gasteiger partial charge is 0.475 e. The third-order valence-electron chi connectivity index (χ3n) is 5.34. The van der Waals surface area contributed by atoms with Gasteiger partial charge in [-0.15, -0.1) is 0 Å². The van der Waals surface area contributed by atoms with Gasteiger partial charge in [0, 0.05) is 18.3 Å². The Balaban J connectivity index is 0.000000339. The van der Waals surface area contributed by atoms with E-state index in [2.05, 4.69) is 11.1 Å². The molecule has 1 saturated heterocycles. The number of hydrogen-bond acceptors (Lipinski definition) is 5. The van der Waals surface area contributed by atoms with Gasteiger partial charge in [0.1, 0.15) is 12.2 Å². The van der Waals surface area contributed by atoms with Crippen LogP contribution in [0.5, 0.6) is 5.88 Å². The molecule has 7 nitrogen and oxygen atoms in total. The summed E-state index contributed by atoms with van der Waals surface area (Å²) in [5.41, 5.74) is 0.927. The lowest BCUT2D eigenvalue weighted by Gasteiger charge is -2.39. The molecular formula is C20H22F4N2O5. The van der Waals surface area contributed by atoms with Crippen LogP contribution in [0.4, 0.5) is 17.6 Å². The summed E-state index contributed by atoms with van der Waals surface area (Å²) in [6.07, 6.45) is 2.45. The van der Waals surface area contributed by atoms with Crippen molar-refractivity contribution in [2.24, 2.45) is 0 Å². The van der Waals surface area contributed by atoms with Gasteiger partial charge in [0.2, 0.25) is 5.91 Å². The van der Waals surface area contributed by atoms with Crippen LogP contribution in [-0.2, 0) is 14.3 Å². The van der Waals surface area contributed by atoms with Crippen LogP contribution in [0.2, 0.25) is 0 Å². The Morgan fingerprint density at radius 2 is 2.03 bits per heavy atom. The molecule has 1 aromatic rings. The van der Waals surface area contributed by atoms with E-state index in [1.54, 1.807) is 0 Å². The van der Waals surface area contributed by atoms with E-state index in [9.17, 15) is 22.4 Å². The van der Waals surface area contributed by atoms with E-state index in [4.69, 9.17) is 19.4 Å². The molecule has 3 atom stereocenters. The Labute approximate surface area is 175 Å². The van der Waals surface area contributed by atoms with Crippen molar-refractivity contribution in [1.29, 1.82) is 0 Å². The average molecular weight is 446 g/mol. The summed E-state index contributed by atoms with van der Waals surface area (Å²) in [6.45, 7) is 1.10. The van der Waals surface area contributed by atoms with Crippen molar-refractivity contribution in [3.8, 4) is 5.88 Å².